The average Bonchev–Trinajstić information content (AvgIpc) is 2.64. The van der Waals surface area contributed by atoms with Crippen LogP contribution in [-0.2, 0) is 11.3 Å². The van der Waals surface area contributed by atoms with Gasteiger partial charge in [-0.15, -0.1) is 0 Å². The summed E-state index contributed by atoms with van der Waals surface area (Å²) in [5.74, 6) is 0.692. The van der Waals surface area contributed by atoms with Crippen LogP contribution in [0.5, 0.6) is 0 Å². The third-order valence-electron chi connectivity index (χ3n) is 4.46. The molecule has 0 aliphatic heterocycles. The van der Waals surface area contributed by atoms with Crippen LogP contribution in [0.3, 0.4) is 0 Å². The molecule has 142 valence electrons. The summed E-state index contributed by atoms with van der Waals surface area (Å²) in [6.45, 7) is 7.17. The van der Waals surface area contributed by atoms with Gasteiger partial charge in [0.1, 0.15) is 17.4 Å². The fourth-order valence-corrected chi connectivity index (χ4v) is 2.83. The second-order valence-corrected chi connectivity index (χ2v) is 7.21. The molecule has 27 heavy (non-hydrogen) atoms. The number of carbonyl (C=O) groups excluding carboxylic acids is 1. The summed E-state index contributed by atoms with van der Waals surface area (Å²) < 4.78 is 1.62. The number of pyridine rings is 1. The molecule has 2 aromatic rings. The second kappa shape index (κ2) is 9.72. The maximum absolute atomic E-state index is 12.6. The maximum Gasteiger partial charge on any atom is 0.269 e. The summed E-state index contributed by atoms with van der Waals surface area (Å²) in [6, 6.07) is 11.6. The van der Waals surface area contributed by atoms with Crippen LogP contribution in [0.15, 0.2) is 41.3 Å². The fourth-order valence-electron chi connectivity index (χ4n) is 2.83. The number of ketones is 1. The summed E-state index contributed by atoms with van der Waals surface area (Å²) in [5.41, 5.74) is 2.40. The molecular formula is C22H27N3O2. The first-order valence-electron chi connectivity index (χ1n) is 9.39. The van der Waals surface area contributed by atoms with E-state index in [0.717, 1.165) is 30.6 Å². The van der Waals surface area contributed by atoms with Gasteiger partial charge in [-0.1, -0.05) is 26.0 Å². The van der Waals surface area contributed by atoms with E-state index in [9.17, 15) is 14.9 Å². The van der Waals surface area contributed by atoms with Crippen molar-refractivity contribution in [1.82, 2.24) is 4.57 Å². The van der Waals surface area contributed by atoms with Crippen molar-refractivity contribution in [3.05, 3.63) is 52.4 Å². The van der Waals surface area contributed by atoms with E-state index in [0.29, 0.717) is 24.4 Å². The number of hydrogen-bond acceptors (Lipinski definition) is 4. The molecule has 0 fully saturated rings. The Labute approximate surface area is 160 Å². The predicted molar refractivity (Wildman–Crippen MR) is 109 cm³/mol. The number of hydrogen-bond donors (Lipinski definition) is 1. The van der Waals surface area contributed by atoms with Crippen molar-refractivity contribution in [2.24, 2.45) is 5.92 Å². The number of Topliss-reactive ketones (excluding diaryl/α,β-unsaturated/α-hetero) is 1. The van der Waals surface area contributed by atoms with E-state index in [1.807, 2.05) is 30.3 Å². The number of aromatic nitrogens is 1. The van der Waals surface area contributed by atoms with Gasteiger partial charge in [-0.25, -0.2) is 0 Å². The number of anilines is 1. The molecule has 1 heterocycles. The molecule has 0 saturated carbocycles. The van der Waals surface area contributed by atoms with Crippen LogP contribution in [-0.4, -0.2) is 16.9 Å². The number of nitrogens with one attached hydrogen (secondary N) is 1. The van der Waals surface area contributed by atoms with Gasteiger partial charge in [0.15, 0.2) is 0 Å². The number of nitrogens with zero attached hydrogens (tertiary/aromatic N) is 2. The Balaban J connectivity index is 2.15. The highest BCUT2D eigenvalue weighted by Crippen LogP contribution is 2.23. The quantitative estimate of drug-likeness (QED) is 0.675. The molecule has 0 radical (unpaired) electrons. The molecule has 0 atom stereocenters. The highest BCUT2D eigenvalue weighted by Gasteiger charge is 2.12. The fraction of sp³-hybridized carbons (Fsp3) is 0.409. The Hall–Kier alpha value is -2.87. The van der Waals surface area contributed by atoms with Gasteiger partial charge < -0.3 is 14.7 Å². The van der Waals surface area contributed by atoms with Gasteiger partial charge in [0.2, 0.25) is 0 Å². The van der Waals surface area contributed by atoms with Crippen molar-refractivity contribution in [3.8, 4) is 17.2 Å². The lowest BCUT2D eigenvalue weighted by molar-refractivity contribution is -0.117. The van der Waals surface area contributed by atoms with E-state index in [2.05, 4.69) is 25.2 Å². The molecule has 0 amide bonds. The summed E-state index contributed by atoms with van der Waals surface area (Å²) in [6.07, 6.45) is 4.04. The largest absolute Gasteiger partial charge is 0.385 e. The van der Waals surface area contributed by atoms with Gasteiger partial charge in [0, 0.05) is 37.0 Å². The van der Waals surface area contributed by atoms with Gasteiger partial charge in [-0.3, -0.25) is 4.79 Å². The first kappa shape index (κ1) is 20.4. The number of aryl methyl sites for hydroxylation is 1. The van der Waals surface area contributed by atoms with Crippen LogP contribution < -0.4 is 10.9 Å². The Bertz CT molecular complexity index is 874. The molecule has 0 aliphatic rings. The van der Waals surface area contributed by atoms with Crippen molar-refractivity contribution in [1.29, 1.82) is 5.26 Å². The smallest absolute Gasteiger partial charge is 0.269 e. The van der Waals surface area contributed by atoms with E-state index in [-0.39, 0.29) is 16.9 Å². The molecular weight excluding hydrogens is 338 g/mol. The van der Waals surface area contributed by atoms with Crippen LogP contribution >= 0.6 is 0 Å². The normalized spacial score (nSPS) is 10.6. The van der Waals surface area contributed by atoms with Crippen LogP contribution in [0.25, 0.3) is 11.1 Å². The Morgan fingerprint density at radius 3 is 2.52 bits per heavy atom. The lowest BCUT2D eigenvalue weighted by Crippen LogP contribution is -2.23. The highest BCUT2D eigenvalue weighted by atomic mass is 16.1. The van der Waals surface area contributed by atoms with Gasteiger partial charge >= 0.3 is 0 Å². The monoisotopic (exact) mass is 365 g/mol. The minimum atomic E-state index is -0.234. The Morgan fingerprint density at radius 1 is 1.22 bits per heavy atom. The second-order valence-electron chi connectivity index (χ2n) is 7.21. The van der Waals surface area contributed by atoms with Crippen LogP contribution in [0, 0.1) is 17.2 Å². The van der Waals surface area contributed by atoms with Gasteiger partial charge in [0.05, 0.1) is 0 Å². The number of nitriles is 1. The minimum absolute atomic E-state index is 0.184. The first-order chi connectivity index (χ1) is 12.9. The third-order valence-corrected chi connectivity index (χ3v) is 4.46. The molecule has 0 unspecified atom stereocenters. The summed E-state index contributed by atoms with van der Waals surface area (Å²) >= 11 is 0. The number of rotatable bonds is 9. The topological polar surface area (TPSA) is 74.9 Å². The zero-order valence-electron chi connectivity index (χ0n) is 16.3. The predicted octanol–water partition coefficient (Wildman–Crippen LogP) is 4.21. The molecule has 2 rings (SSSR count). The van der Waals surface area contributed by atoms with Crippen molar-refractivity contribution in [3.63, 3.8) is 0 Å². The molecule has 5 heteroatoms. The molecule has 1 aromatic carbocycles. The standard InChI is InChI=1S/C22H27N3O2/c1-16(2)10-13-25-14-11-20(21(15-23)22(25)27)18-6-8-19(9-7-18)24-12-4-5-17(3)26/h6-9,11,14,16,24H,4-5,10,12-13H2,1-3H3. The van der Waals surface area contributed by atoms with Crippen molar-refractivity contribution < 1.29 is 4.79 Å². The summed E-state index contributed by atoms with van der Waals surface area (Å²) in [4.78, 5) is 23.6. The molecule has 5 nitrogen and oxygen atoms in total. The van der Waals surface area contributed by atoms with Crippen LogP contribution in [0.4, 0.5) is 5.69 Å². The molecule has 0 saturated heterocycles. The number of carbonyl (C=O) groups is 1. The van der Waals surface area contributed by atoms with Crippen molar-refractivity contribution in [2.45, 2.75) is 46.6 Å². The van der Waals surface area contributed by atoms with Crippen LogP contribution in [0.1, 0.15) is 45.6 Å². The Morgan fingerprint density at radius 2 is 1.93 bits per heavy atom. The van der Waals surface area contributed by atoms with Crippen molar-refractivity contribution in [2.75, 3.05) is 11.9 Å². The zero-order valence-corrected chi connectivity index (χ0v) is 16.3. The lowest BCUT2D eigenvalue weighted by atomic mass is 10.0. The first-order valence-corrected chi connectivity index (χ1v) is 9.39. The summed E-state index contributed by atoms with van der Waals surface area (Å²) in [7, 11) is 0. The Kier molecular flexibility index (Phi) is 7.36. The van der Waals surface area contributed by atoms with Crippen LogP contribution in [0.2, 0.25) is 0 Å². The zero-order chi connectivity index (χ0) is 19.8. The van der Waals surface area contributed by atoms with E-state index in [4.69, 9.17) is 0 Å². The molecule has 0 bridgehead atoms. The van der Waals surface area contributed by atoms with Gasteiger partial charge in [-0.2, -0.15) is 5.26 Å². The minimum Gasteiger partial charge on any atom is -0.385 e. The molecule has 0 spiro atoms. The van der Waals surface area contributed by atoms with Crippen molar-refractivity contribution >= 4 is 11.5 Å². The molecule has 1 aromatic heterocycles. The highest BCUT2D eigenvalue weighted by molar-refractivity contribution is 5.75. The van der Waals surface area contributed by atoms with E-state index >= 15 is 0 Å². The van der Waals surface area contributed by atoms with E-state index < -0.39 is 0 Å². The lowest BCUT2D eigenvalue weighted by Gasteiger charge is -2.11. The summed E-state index contributed by atoms with van der Waals surface area (Å²) in [5, 5.41) is 12.8. The van der Waals surface area contributed by atoms with E-state index in [1.165, 1.54) is 0 Å². The number of benzene rings is 1. The molecule has 0 aliphatic carbocycles. The third kappa shape index (κ3) is 5.82. The average molecular weight is 365 g/mol. The SMILES string of the molecule is CC(=O)CCCNc1ccc(-c2ccn(CCC(C)C)c(=O)c2C#N)cc1. The maximum atomic E-state index is 12.6. The molecule has 1 N–H and O–H groups in total. The van der Waals surface area contributed by atoms with E-state index in [1.54, 1.807) is 17.7 Å². The van der Waals surface area contributed by atoms with Gasteiger partial charge in [-0.05, 0) is 49.4 Å². The van der Waals surface area contributed by atoms with Gasteiger partial charge in [0.25, 0.3) is 5.56 Å².